The van der Waals surface area contributed by atoms with Gasteiger partial charge in [-0.3, -0.25) is 9.59 Å². The lowest BCUT2D eigenvalue weighted by Gasteiger charge is -2.41. The first kappa shape index (κ1) is 24.3. The molecule has 7 nitrogen and oxygen atoms in total. The van der Waals surface area contributed by atoms with Crippen molar-refractivity contribution < 1.29 is 14.3 Å². The first-order valence-electron chi connectivity index (χ1n) is 11.9. The van der Waals surface area contributed by atoms with E-state index in [-0.39, 0.29) is 17.9 Å². The molecule has 3 atom stereocenters. The Bertz CT molecular complexity index is 1060. The number of nitrogens with one attached hydrogen (secondary N) is 1. The average molecular weight is 485 g/mol. The number of amides is 2. The summed E-state index contributed by atoms with van der Waals surface area (Å²) in [7, 11) is 0. The van der Waals surface area contributed by atoms with Crippen LogP contribution >= 0.6 is 11.6 Å². The van der Waals surface area contributed by atoms with Crippen LogP contribution < -0.4 is 20.7 Å². The van der Waals surface area contributed by atoms with Gasteiger partial charge >= 0.3 is 0 Å². The molecule has 2 saturated heterocycles. The van der Waals surface area contributed by atoms with E-state index in [1.165, 1.54) is 6.20 Å². The molecule has 4 rings (SSSR count). The van der Waals surface area contributed by atoms with E-state index in [2.05, 4.69) is 29.0 Å². The molecule has 8 heteroatoms. The minimum absolute atomic E-state index is 0.0730. The first-order chi connectivity index (χ1) is 16.0. The number of rotatable bonds is 7. The van der Waals surface area contributed by atoms with E-state index < -0.39 is 11.5 Å². The lowest BCUT2D eigenvalue weighted by molar-refractivity contribution is -0.135. The van der Waals surface area contributed by atoms with Crippen molar-refractivity contribution >= 4 is 29.2 Å². The number of carbonyl (C=O) groups is 2. The zero-order chi connectivity index (χ0) is 24.6. The van der Waals surface area contributed by atoms with E-state index in [1.807, 2.05) is 18.2 Å². The molecule has 0 spiro atoms. The van der Waals surface area contributed by atoms with E-state index in [1.54, 1.807) is 26.0 Å². The number of anilines is 1. The molecule has 2 aliphatic rings. The summed E-state index contributed by atoms with van der Waals surface area (Å²) >= 11 is 6.17. The van der Waals surface area contributed by atoms with Crippen molar-refractivity contribution in [2.45, 2.75) is 83.0 Å². The summed E-state index contributed by atoms with van der Waals surface area (Å²) in [5.74, 6) is 1.15. The van der Waals surface area contributed by atoms with Gasteiger partial charge in [0.1, 0.15) is 11.6 Å². The van der Waals surface area contributed by atoms with Crippen LogP contribution in [0, 0.1) is 0 Å². The summed E-state index contributed by atoms with van der Waals surface area (Å²) in [5, 5.41) is 3.89. The van der Waals surface area contributed by atoms with Gasteiger partial charge in [-0.25, -0.2) is 4.98 Å². The highest BCUT2D eigenvalue weighted by atomic mass is 35.5. The van der Waals surface area contributed by atoms with Crippen LogP contribution in [-0.2, 0) is 4.79 Å². The highest BCUT2D eigenvalue weighted by molar-refractivity contribution is 6.30. The summed E-state index contributed by atoms with van der Waals surface area (Å²) in [6, 6.07) is 9.76. The van der Waals surface area contributed by atoms with Crippen molar-refractivity contribution in [3.63, 3.8) is 0 Å². The van der Waals surface area contributed by atoms with Crippen LogP contribution in [0.1, 0.15) is 75.2 Å². The quantitative estimate of drug-likeness (QED) is 0.605. The van der Waals surface area contributed by atoms with Gasteiger partial charge in [0.15, 0.2) is 5.60 Å². The molecule has 2 aromatic rings. The highest BCUT2D eigenvalue weighted by Gasteiger charge is 2.43. The summed E-state index contributed by atoms with van der Waals surface area (Å²) in [5.41, 5.74) is 5.70. The molecule has 0 saturated carbocycles. The van der Waals surface area contributed by atoms with Crippen LogP contribution in [0.5, 0.6) is 5.75 Å². The molecule has 1 aromatic carbocycles. The Morgan fingerprint density at radius 3 is 2.41 bits per heavy atom. The molecular formula is C26H33ClN4O3. The third kappa shape index (κ3) is 4.99. The minimum atomic E-state index is -1.03. The van der Waals surface area contributed by atoms with Gasteiger partial charge in [0.2, 0.25) is 5.91 Å². The van der Waals surface area contributed by atoms with Gasteiger partial charge in [-0.15, -0.1) is 0 Å². The topological polar surface area (TPSA) is 97.5 Å². The van der Waals surface area contributed by atoms with Crippen molar-refractivity contribution in [2.24, 2.45) is 5.73 Å². The minimum Gasteiger partial charge on any atom is -0.478 e. The molecule has 0 aliphatic carbocycles. The van der Waals surface area contributed by atoms with E-state index in [0.29, 0.717) is 28.4 Å². The van der Waals surface area contributed by atoms with Crippen LogP contribution in [0.25, 0.3) is 0 Å². The smallest absolute Gasteiger partial charge is 0.263 e. The van der Waals surface area contributed by atoms with Crippen molar-refractivity contribution in [3.8, 4) is 5.75 Å². The highest BCUT2D eigenvalue weighted by Crippen LogP contribution is 2.39. The molecule has 1 aromatic heterocycles. The Hall–Kier alpha value is -2.80. The zero-order valence-electron chi connectivity index (χ0n) is 20.2. The molecule has 2 fully saturated rings. The van der Waals surface area contributed by atoms with E-state index in [9.17, 15) is 9.59 Å². The maximum Gasteiger partial charge on any atom is 0.263 e. The maximum absolute atomic E-state index is 13.2. The van der Waals surface area contributed by atoms with E-state index >= 15 is 0 Å². The number of aromatic nitrogens is 1. The van der Waals surface area contributed by atoms with Crippen molar-refractivity contribution in [2.75, 3.05) is 4.90 Å². The third-order valence-electron chi connectivity index (χ3n) is 6.87. The van der Waals surface area contributed by atoms with Crippen LogP contribution in [0.15, 0.2) is 36.5 Å². The zero-order valence-corrected chi connectivity index (χ0v) is 20.9. The third-order valence-corrected chi connectivity index (χ3v) is 7.11. The van der Waals surface area contributed by atoms with Crippen LogP contribution in [-0.4, -0.2) is 40.5 Å². The monoisotopic (exact) mass is 484 g/mol. The Balaban J connectivity index is 1.41. The second-order valence-electron chi connectivity index (χ2n) is 10.2. The number of halogens is 1. The molecule has 3 heterocycles. The molecule has 0 radical (unpaired) electrons. The lowest BCUT2D eigenvalue weighted by atomic mass is 9.96. The Morgan fingerprint density at radius 2 is 1.85 bits per heavy atom. The fourth-order valence-electron chi connectivity index (χ4n) is 5.10. The van der Waals surface area contributed by atoms with Crippen LogP contribution in [0.2, 0.25) is 5.02 Å². The summed E-state index contributed by atoms with van der Waals surface area (Å²) in [6.45, 7) is 7.75. The molecule has 1 unspecified atom stereocenters. The number of ether oxygens (including phenoxy) is 1. The number of piperidine rings is 1. The summed E-state index contributed by atoms with van der Waals surface area (Å²) in [4.78, 5) is 31.4. The number of pyridine rings is 1. The Labute approximate surface area is 206 Å². The Kier molecular flexibility index (Phi) is 6.76. The van der Waals surface area contributed by atoms with Gasteiger partial charge in [-0.2, -0.15) is 0 Å². The fourth-order valence-corrected chi connectivity index (χ4v) is 5.28. The summed E-state index contributed by atoms with van der Waals surface area (Å²) < 4.78 is 6.21. The van der Waals surface area contributed by atoms with Gasteiger partial charge in [-0.1, -0.05) is 25.4 Å². The number of nitrogens with two attached hydrogens (primary N) is 1. The second-order valence-corrected chi connectivity index (χ2v) is 10.6. The number of carbonyl (C=O) groups excluding carboxylic acids is 2. The van der Waals surface area contributed by atoms with Gasteiger partial charge in [0, 0.05) is 29.3 Å². The molecule has 2 bridgehead atoms. The fraction of sp³-hybridized carbons (Fsp3) is 0.500. The van der Waals surface area contributed by atoms with Crippen molar-refractivity contribution in [3.05, 3.63) is 52.7 Å². The van der Waals surface area contributed by atoms with Gasteiger partial charge < -0.3 is 20.7 Å². The number of benzene rings is 1. The molecule has 3 N–H and O–H groups in total. The number of nitrogens with zero attached hydrogens (tertiary/aromatic N) is 2. The molecule has 182 valence electrons. The predicted octanol–water partition coefficient (Wildman–Crippen LogP) is 4.43. The molecular weight excluding hydrogens is 452 g/mol. The standard InChI is InChI=1S/C26H33ClN4O3/c1-15(2)21-11-17(27)6-9-22(21)34-26(3,4)25(33)30-18-12-19-7-8-20(13-18)31(19)23-10-5-16(14-29-23)24(28)32/h5-6,9-11,14-15,18-20H,7-8,12-13H2,1-4H3,(H2,28,32)(H,30,33)/t18?,19-,20+. The second kappa shape index (κ2) is 9.45. The molecule has 2 amide bonds. The summed E-state index contributed by atoms with van der Waals surface area (Å²) in [6.07, 6.45) is 5.33. The number of hydrogen-bond acceptors (Lipinski definition) is 5. The number of primary amides is 1. The van der Waals surface area contributed by atoms with E-state index in [0.717, 1.165) is 37.1 Å². The van der Waals surface area contributed by atoms with E-state index in [4.69, 9.17) is 22.1 Å². The van der Waals surface area contributed by atoms with Gasteiger partial charge in [0.25, 0.3) is 5.91 Å². The van der Waals surface area contributed by atoms with Crippen molar-refractivity contribution in [1.82, 2.24) is 10.3 Å². The largest absolute Gasteiger partial charge is 0.478 e. The van der Waals surface area contributed by atoms with Gasteiger partial charge in [-0.05, 0) is 81.3 Å². The van der Waals surface area contributed by atoms with Crippen LogP contribution in [0.4, 0.5) is 5.82 Å². The van der Waals surface area contributed by atoms with Crippen molar-refractivity contribution in [1.29, 1.82) is 0 Å². The van der Waals surface area contributed by atoms with Gasteiger partial charge in [0.05, 0.1) is 5.56 Å². The first-order valence-corrected chi connectivity index (χ1v) is 12.3. The number of fused-ring (bicyclic) bond motifs is 2. The normalized spacial score (nSPS) is 22.1. The Morgan fingerprint density at radius 1 is 1.18 bits per heavy atom. The maximum atomic E-state index is 13.2. The molecule has 2 aliphatic heterocycles. The average Bonchev–Trinajstić information content (AvgIpc) is 3.05. The SMILES string of the molecule is CC(C)c1cc(Cl)ccc1OC(C)(C)C(=O)NC1C[C@H]2CC[C@@H](C1)N2c1ccc(C(N)=O)cn1. The number of hydrogen-bond donors (Lipinski definition) is 2. The molecule has 34 heavy (non-hydrogen) atoms. The predicted molar refractivity (Wildman–Crippen MR) is 133 cm³/mol. The lowest BCUT2D eigenvalue weighted by Crippen LogP contribution is -2.55. The van der Waals surface area contributed by atoms with Crippen LogP contribution in [0.3, 0.4) is 0 Å².